The highest BCUT2D eigenvalue weighted by Gasteiger charge is 2.21. The minimum absolute atomic E-state index is 0.165. The minimum Gasteiger partial charge on any atom is -0.345 e. The lowest BCUT2D eigenvalue weighted by atomic mass is 10.1. The molecule has 4 heteroatoms. The van der Waals surface area contributed by atoms with Gasteiger partial charge in [0.05, 0.1) is 0 Å². The molecule has 1 saturated carbocycles. The van der Waals surface area contributed by atoms with Gasteiger partial charge in [-0.25, -0.2) is 0 Å². The summed E-state index contributed by atoms with van der Waals surface area (Å²) in [6.45, 7) is 3.98. The first-order valence-electron chi connectivity index (χ1n) is 6.75. The van der Waals surface area contributed by atoms with E-state index in [1.54, 1.807) is 0 Å². The van der Waals surface area contributed by atoms with Crippen LogP contribution in [0.1, 0.15) is 36.8 Å². The molecule has 0 spiro atoms. The van der Waals surface area contributed by atoms with Gasteiger partial charge in [-0.3, -0.25) is 9.59 Å². The fourth-order valence-electron chi connectivity index (χ4n) is 2.33. The highest BCUT2D eigenvalue weighted by molar-refractivity contribution is 6.39. The average molecular weight is 260 g/mol. The summed E-state index contributed by atoms with van der Waals surface area (Å²) in [5.41, 5.74) is 2.91. The van der Waals surface area contributed by atoms with Crippen LogP contribution in [0.3, 0.4) is 0 Å². The summed E-state index contributed by atoms with van der Waals surface area (Å²) in [6.07, 6.45) is 4.21. The summed E-state index contributed by atoms with van der Waals surface area (Å²) in [5, 5.41) is 5.41. The smallest absolute Gasteiger partial charge is 0.313 e. The number of hydrogen-bond donors (Lipinski definition) is 2. The minimum atomic E-state index is -0.588. The highest BCUT2D eigenvalue weighted by atomic mass is 16.2. The third kappa shape index (κ3) is 3.56. The van der Waals surface area contributed by atoms with Gasteiger partial charge < -0.3 is 10.6 Å². The Kier molecular flexibility index (Phi) is 4.20. The lowest BCUT2D eigenvalue weighted by molar-refractivity contribution is -0.136. The van der Waals surface area contributed by atoms with Crippen molar-refractivity contribution in [2.24, 2.45) is 0 Å². The van der Waals surface area contributed by atoms with Gasteiger partial charge in [0.1, 0.15) is 0 Å². The molecule has 102 valence electrons. The monoisotopic (exact) mass is 260 g/mol. The number of nitrogens with one attached hydrogen (secondary N) is 2. The van der Waals surface area contributed by atoms with E-state index in [4.69, 9.17) is 0 Å². The van der Waals surface area contributed by atoms with Gasteiger partial charge in [-0.1, -0.05) is 18.9 Å². The number of anilines is 1. The van der Waals surface area contributed by atoms with Crippen molar-refractivity contribution in [2.45, 2.75) is 45.6 Å². The Bertz CT molecular complexity index is 491. The Hall–Kier alpha value is -1.84. The zero-order chi connectivity index (χ0) is 13.8. The van der Waals surface area contributed by atoms with Crippen LogP contribution >= 0.6 is 0 Å². The number of aryl methyl sites for hydroxylation is 2. The number of carbonyl (C=O) groups is 2. The molecular weight excluding hydrogens is 240 g/mol. The molecule has 1 aliphatic rings. The maximum atomic E-state index is 11.8. The van der Waals surface area contributed by atoms with Crippen molar-refractivity contribution in [3.05, 3.63) is 29.3 Å². The topological polar surface area (TPSA) is 58.2 Å². The third-order valence-corrected chi connectivity index (χ3v) is 3.66. The van der Waals surface area contributed by atoms with Crippen molar-refractivity contribution in [3.63, 3.8) is 0 Å². The predicted octanol–water partition coefficient (Wildman–Crippen LogP) is 2.30. The molecule has 1 aliphatic carbocycles. The molecular formula is C15H20N2O2. The first-order valence-corrected chi connectivity index (χ1v) is 6.75. The van der Waals surface area contributed by atoms with Gasteiger partial charge in [0, 0.05) is 11.7 Å². The maximum absolute atomic E-state index is 11.8. The van der Waals surface area contributed by atoms with Crippen LogP contribution in [0.25, 0.3) is 0 Å². The predicted molar refractivity (Wildman–Crippen MR) is 74.9 cm³/mol. The van der Waals surface area contributed by atoms with E-state index in [2.05, 4.69) is 10.6 Å². The lowest BCUT2D eigenvalue weighted by Crippen LogP contribution is -2.40. The van der Waals surface area contributed by atoms with Gasteiger partial charge in [0.15, 0.2) is 0 Å². The molecule has 2 N–H and O–H groups in total. The van der Waals surface area contributed by atoms with Gasteiger partial charge in [-0.05, 0) is 49.9 Å². The fourth-order valence-corrected chi connectivity index (χ4v) is 2.33. The van der Waals surface area contributed by atoms with E-state index >= 15 is 0 Å². The Labute approximate surface area is 113 Å². The van der Waals surface area contributed by atoms with Crippen LogP contribution < -0.4 is 10.6 Å². The number of hydrogen-bond acceptors (Lipinski definition) is 2. The molecule has 0 heterocycles. The van der Waals surface area contributed by atoms with Gasteiger partial charge in [0.25, 0.3) is 0 Å². The van der Waals surface area contributed by atoms with Crippen LogP contribution in [0.15, 0.2) is 18.2 Å². The zero-order valence-electron chi connectivity index (χ0n) is 11.5. The van der Waals surface area contributed by atoms with Crippen molar-refractivity contribution in [1.82, 2.24) is 5.32 Å². The second kappa shape index (κ2) is 5.87. The van der Waals surface area contributed by atoms with Crippen LogP contribution in [0, 0.1) is 13.8 Å². The summed E-state index contributed by atoms with van der Waals surface area (Å²) in [5.74, 6) is -1.12. The van der Waals surface area contributed by atoms with E-state index in [-0.39, 0.29) is 6.04 Å². The lowest BCUT2D eigenvalue weighted by Gasteiger charge is -2.12. The second-order valence-corrected chi connectivity index (χ2v) is 5.21. The van der Waals surface area contributed by atoms with Crippen LogP contribution in [-0.2, 0) is 9.59 Å². The van der Waals surface area contributed by atoms with E-state index in [1.165, 1.54) is 0 Å². The van der Waals surface area contributed by atoms with E-state index in [0.29, 0.717) is 5.69 Å². The average Bonchev–Trinajstić information content (AvgIpc) is 2.86. The molecule has 4 nitrogen and oxygen atoms in total. The standard InChI is InChI=1S/C15H20N2O2/c1-10-7-8-13(9-11(10)2)17-15(19)14(18)16-12-5-3-4-6-12/h7-9,12H,3-6H2,1-2H3,(H,16,18)(H,17,19). The Morgan fingerprint density at radius 2 is 1.74 bits per heavy atom. The third-order valence-electron chi connectivity index (χ3n) is 3.66. The normalized spacial score (nSPS) is 15.3. The summed E-state index contributed by atoms with van der Waals surface area (Å²) in [7, 11) is 0. The van der Waals surface area contributed by atoms with Gasteiger partial charge >= 0.3 is 11.8 Å². The fraction of sp³-hybridized carbons (Fsp3) is 0.467. The molecule has 0 aromatic heterocycles. The quantitative estimate of drug-likeness (QED) is 0.802. The van der Waals surface area contributed by atoms with Crippen molar-refractivity contribution in [2.75, 3.05) is 5.32 Å². The molecule has 0 atom stereocenters. The summed E-state index contributed by atoms with van der Waals surface area (Å²) >= 11 is 0. The van der Waals surface area contributed by atoms with Crippen LogP contribution in [0.5, 0.6) is 0 Å². The van der Waals surface area contributed by atoms with Crippen molar-refractivity contribution >= 4 is 17.5 Å². The molecule has 19 heavy (non-hydrogen) atoms. The summed E-state index contributed by atoms with van der Waals surface area (Å²) in [6, 6.07) is 5.77. The molecule has 1 fully saturated rings. The van der Waals surface area contributed by atoms with E-state index in [0.717, 1.165) is 36.8 Å². The summed E-state index contributed by atoms with van der Waals surface area (Å²) < 4.78 is 0. The number of amides is 2. The van der Waals surface area contributed by atoms with Gasteiger partial charge in [-0.15, -0.1) is 0 Å². The van der Waals surface area contributed by atoms with E-state index < -0.39 is 11.8 Å². The molecule has 2 amide bonds. The molecule has 0 bridgehead atoms. The van der Waals surface area contributed by atoms with Crippen molar-refractivity contribution < 1.29 is 9.59 Å². The van der Waals surface area contributed by atoms with Crippen LogP contribution in [0.2, 0.25) is 0 Å². The molecule has 0 aliphatic heterocycles. The molecule has 0 saturated heterocycles. The maximum Gasteiger partial charge on any atom is 0.313 e. The molecule has 0 radical (unpaired) electrons. The summed E-state index contributed by atoms with van der Waals surface area (Å²) in [4.78, 5) is 23.5. The molecule has 1 aromatic carbocycles. The number of rotatable bonds is 2. The van der Waals surface area contributed by atoms with Gasteiger partial charge in [-0.2, -0.15) is 0 Å². The van der Waals surface area contributed by atoms with Gasteiger partial charge in [0.2, 0.25) is 0 Å². The number of benzene rings is 1. The van der Waals surface area contributed by atoms with Crippen molar-refractivity contribution in [3.8, 4) is 0 Å². The van der Waals surface area contributed by atoms with E-state index in [9.17, 15) is 9.59 Å². The number of carbonyl (C=O) groups excluding carboxylic acids is 2. The molecule has 1 aromatic rings. The first kappa shape index (κ1) is 13.6. The zero-order valence-corrected chi connectivity index (χ0v) is 11.5. The SMILES string of the molecule is Cc1ccc(NC(=O)C(=O)NC2CCCC2)cc1C. The van der Waals surface area contributed by atoms with Crippen molar-refractivity contribution in [1.29, 1.82) is 0 Å². The Morgan fingerprint density at radius 3 is 2.37 bits per heavy atom. The first-order chi connectivity index (χ1) is 9.06. The Morgan fingerprint density at radius 1 is 1.05 bits per heavy atom. The molecule has 0 unspecified atom stereocenters. The Balaban J connectivity index is 1.92. The van der Waals surface area contributed by atoms with Crippen LogP contribution in [0.4, 0.5) is 5.69 Å². The molecule has 2 rings (SSSR count). The largest absolute Gasteiger partial charge is 0.345 e. The highest BCUT2D eigenvalue weighted by Crippen LogP contribution is 2.18. The second-order valence-electron chi connectivity index (χ2n) is 5.21. The van der Waals surface area contributed by atoms with E-state index in [1.807, 2.05) is 32.0 Å². The van der Waals surface area contributed by atoms with Crippen LogP contribution in [-0.4, -0.2) is 17.9 Å².